The lowest BCUT2D eigenvalue weighted by Crippen LogP contribution is -2.61. The van der Waals surface area contributed by atoms with Gasteiger partial charge in [-0.15, -0.1) is 0 Å². The molecule has 1 N–H and O–H groups in total. The third-order valence-corrected chi connectivity index (χ3v) is 4.35. The summed E-state index contributed by atoms with van der Waals surface area (Å²) in [7, 11) is 0. The summed E-state index contributed by atoms with van der Waals surface area (Å²) >= 11 is 0. The molecule has 114 valence electrons. The van der Waals surface area contributed by atoms with E-state index in [1.54, 1.807) is 0 Å². The van der Waals surface area contributed by atoms with Crippen LogP contribution in [0.2, 0.25) is 0 Å². The van der Waals surface area contributed by atoms with Crippen molar-refractivity contribution in [1.29, 1.82) is 0 Å². The zero-order valence-electron chi connectivity index (χ0n) is 13.3. The second-order valence-corrected chi connectivity index (χ2v) is 6.93. The zero-order valence-corrected chi connectivity index (χ0v) is 13.3. The summed E-state index contributed by atoms with van der Waals surface area (Å²) in [6.07, 6.45) is 8.42. The van der Waals surface area contributed by atoms with Crippen molar-refractivity contribution in [1.82, 2.24) is 14.9 Å². The molecule has 4 heteroatoms. The highest BCUT2D eigenvalue weighted by Crippen LogP contribution is 2.42. The molecule has 2 atom stereocenters. The number of imidazole rings is 1. The van der Waals surface area contributed by atoms with Gasteiger partial charge in [0.15, 0.2) is 0 Å². The Kier molecular flexibility index (Phi) is 5.22. The molecule has 1 saturated carbocycles. The van der Waals surface area contributed by atoms with Gasteiger partial charge in [0.05, 0.1) is 12.4 Å². The summed E-state index contributed by atoms with van der Waals surface area (Å²) in [5.74, 6) is 0.619. The Bertz CT molecular complexity index is 386. The van der Waals surface area contributed by atoms with Crippen molar-refractivity contribution in [2.24, 2.45) is 11.3 Å². The summed E-state index contributed by atoms with van der Waals surface area (Å²) in [5.41, 5.74) is 0.254. The predicted molar refractivity (Wildman–Crippen MR) is 81.6 cm³/mol. The minimum atomic E-state index is 0.254. The van der Waals surface area contributed by atoms with Gasteiger partial charge in [-0.25, -0.2) is 4.98 Å². The first-order valence-corrected chi connectivity index (χ1v) is 7.81. The maximum atomic E-state index is 6.00. The quantitative estimate of drug-likeness (QED) is 0.744. The van der Waals surface area contributed by atoms with Crippen molar-refractivity contribution >= 4 is 0 Å². The highest BCUT2D eigenvalue weighted by Gasteiger charge is 2.48. The Morgan fingerprint density at radius 3 is 2.85 bits per heavy atom. The van der Waals surface area contributed by atoms with E-state index in [0.29, 0.717) is 18.1 Å². The summed E-state index contributed by atoms with van der Waals surface area (Å²) in [4.78, 5) is 4.06. The highest BCUT2D eigenvalue weighted by molar-refractivity contribution is 5.02. The Morgan fingerprint density at radius 1 is 1.45 bits per heavy atom. The standard InChI is InChI=1S/C16H29N3O/c1-13(2)11-20-15-10-14(16(15,3)4)18-6-5-8-19-9-7-17-12-19/h7,9,12-15,18H,5-6,8,10-11H2,1-4H3. The molecule has 0 aromatic carbocycles. The number of aromatic nitrogens is 2. The lowest BCUT2D eigenvalue weighted by molar-refractivity contribution is -0.123. The van der Waals surface area contributed by atoms with Crippen molar-refractivity contribution in [3.8, 4) is 0 Å². The van der Waals surface area contributed by atoms with Gasteiger partial charge in [0.1, 0.15) is 0 Å². The maximum absolute atomic E-state index is 6.00. The summed E-state index contributed by atoms with van der Waals surface area (Å²) < 4.78 is 8.12. The predicted octanol–water partition coefficient (Wildman–Crippen LogP) is 2.70. The van der Waals surface area contributed by atoms with Crippen molar-refractivity contribution in [2.75, 3.05) is 13.2 Å². The summed E-state index contributed by atoms with van der Waals surface area (Å²) in [5, 5.41) is 3.68. The molecule has 0 spiro atoms. The van der Waals surface area contributed by atoms with E-state index in [9.17, 15) is 0 Å². The topological polar surface area (TPSA) is 39.1 Å². The van der Waals surface area contributed by atoms with Gasteiger partial charge in [-0.05, 0) is 25.3 Å². The number of nitrogens with one attached hydrogen (secondary N) is 1. The van der Waals surface area contributed by atoms with Crippen LogP contribution in [0, 0.1) is 11.3 Å². The van der Waals surface area contributed by atoms with Crippen LogP contribution in [0.15, 0.2) is 18.7 Å². The highest BCUT2D eigenvalue weighted by atomic mass is 16.5. The molecule has 1 fully saturated rings. The van der Waals surface area contributed by atoms with Gasteiger partial charge in [-0.1, -0.05) is 27.7 Å². The van der Waals surface area contributed by atoms with E-state index in [1.807, 2.05) is 18.7 Å². The molecule has 1 heterocycles. The number of hydrogen-bond acceptors (Lipinski definition) is 3. The van der Waals surface area contributed by atoms with Crippen molar-refractivity contribution < 1.29 is 4.74 Å². The first-order valence-electron chi connectivity index (χ1n) is 7.81. The molecule has 1 aliphatic rings. The molecule has 1 aromatic rings. The van der Waals surface area contributed by atoms with Crippen LogP contribution in [-0.4, -0.2) is 34.8 Å². The van der Waals surface area contributed by atoms with Crippen LogP contribution >= 0.6 is 0 Å². The lowest BCUT2D eigenvalue weighted by Gasteiger charge is -2.52. The van der Waals surface area contributed by atoms with E-state index in [1.165, 1.54) is 0 Å². The fourth-order valence-corrected chi connectivity index (χ4v) is 2.78. The van der Waals surface area contributed by atoms with Crippen LogP contribution in [0.5, 0.6) is 0 Å². The Labute approximate surface area is 122 Å². The molecule has 1 aliphatic carbocycles. The second kappa shape index (κ2) is 6.72. The molecule has 0 saturated heterocycles. The average molecular weight is 279 g/mol. The third-order valence-electron chi connectivity index (χ3n) is 4.35. The Hall–Kier alpha value is -0.870. The Balaban J connectivity index is 1.62. The fourth-order valence-electron chi connectivity index (χ4n) is 2.78. The van der Waals surface area contributed by atoms with Crippen LogP contribution < -0.4 is 5.32 Å². The lowest BCUT2D eigenvalue weighted by atomic mass is 9.64. The molecule has 0 aliphatic heterocycles. The van der Waals surface area contributed by atoms with E-state index in [-0.39, 0.29) is 5.41 Å². The van der Waals surface area contributed by atoms with Gasteiger partial charge in [-0.3, -0.25) is 0 Å². The molecule has 0 bridgehead atoms. The minimum Gasteiger partial charge on any atom is -0.377 e. The van der Waals surface area contributed by atoms with Gasteiger partial charge < -0.3 is 14.6 Å². The van der Waals surface area contributed by atoms with Crippen molar-refractivity contribution in [3.05, 3.63) is 18.7 Å². The molecule has 0 amide bonds. The van der Waals surface area contributed by atoms with E-state index >= 15 is 0 Å². The van der Waals surface area contributed by atoms with Crippen LogP contribution in [-0.2, 0) is 11.3 Å². The van der Waals surface area contributed by atoms with Crippen LogP contribution in [0.25, 0.3) is 0 Å². The monoisotopic (exact) mass is 279 g/mol. The zero-order chi connectivity index (χ0) is 14.6. The summed E-state index contributed by atoms with van der Waals surface area (Å²) in [6, 6.07) is 0.586. The van der Waals surface area contributed by atoms with Gasteiger partial charge >= 0.3 is 0 Å². The van der Waals surface area contributed by atoms with E-state index in [2.05, 4.69) is 42.6 Å². The van der Waals surface area contributed by atoms with Crippen LogP contribution in [0.4, 0.5) is 0 Å². The largest absolute Gasteiger partial charge is 0.377 e. The Morgan fingerprint density at radius 2 is 2.25 bits per heavy atom. The third kappa shape index (κ3) is 3.83. The molecule has 2 unspecified atom stereocenters. The molecular weight excluding hydrogens is 250 g/mol. The van der Waals surface area contributed by atoms with Crippen molar-refractivity contribution in [3.63, 3.8) is 0 Å². The second-order valence-electron chi connectivity index (χ2n) is 6.93. The van der Waals surface area contributed by atoms with E-state index in [4.69, 9.17) is 4.74 Å². The van der Waals surface area contributed by atoms with Crippen LogP contribution in [0.1, 0.15) is 40.5 Å². The van der Waals surface area contributed by atoms with E-state index < -0.39 is 0 Å². The average Bonchev–Trinajstić information content (AvgIpc) is 2.88. The molecule has 4 nitrogen and oxygen atoms in total. The van der Waals surface area contributed by atoms with Gasteiger partial charge in [0.2, 0.25) is 0 Å². The smallest absolute Gasteiger partial charge is 0.0945 e. The minimum absolute atomic E-state index is 0.254. The fraction of sp³-hybridized carbons (Fsp3) is 0.812. The number of aryl methyl sites for hydroxylation is 1. The molecular formula is C16H29N3O. The van der Waals surface area contributed by atoms with E-state index in [0.717, 1.165) is 32.5 Å². The normalized spacial score (nSPS) is 24.9. The number of rotatable bonds is 8. The molecule has 20 heavy (non-hydrogen) atoms. The van der Waals surface area contributed by atoms with Gasteiger partial charge in [0.25, 0.3) is 0 Å². The SMILES string of the molecule is CC(C)COC1CC(NCCCn2ccnc2)C1(C)C. The maximum Gasteiger partial charge on any atom is 0.0945 e. The first-order chi connectivity index (χ1) is 9.50. The first kappa shape index (κ1) is 15.5. The van der Waals surface area contributed by atoms with Crippen LogP contribution in [0.3, 0.4) is 0 Å². The number of hydrogen-bond donors (Lipinski definition) is 1. The number of nitrogens with zero attached hydrogens (tertiary/aromatic N) is 2. The molecule has 1 aromatic heterocycles. The molecule has 0 radical (unpaired) electrons. The van der Waals surface area contributed by atoms with Gasteiger partial charge in [-0.2, -0.15) is 0 Å². The molecule has 2 rings (SSSR count). The van der Waals surface area contributed by atoms with Gasteiger partial charge in [0, 0.05) is 37.0 Å². The van der Waals surface area contributed by atoms with Crippen molar-refractivity contribution in [2.45, 2.75) is 59.2 Å². The summed E-state index contributed by atoms with van der Waals surface area (Å²) in [6.45, 7) is 12.0. The number of ether oxygens (including phenoxy) is 1.